The Morgan fingerprint density at radius 2 is 2.14 bits per heavy atom. The summed E-state index contributed by atoms with van der Waals surface area (Å²) in [5.74, 6) is -1.45. The molecule has 2 N–H and O–H groups in total. The van der Waals surface area contributed by atoms with Gasteiger partial charge in [0.25, 0.3) is 5.91 Å². The Morgan fingerprint density at radius 3 is 2.76 bits per heavy atom. The highest BCUT2D eigenvalue weighted by molar-refractivity contribution is 7.10. The van der Waals surface area contributed by atoms with E-state index in [0.29, 0.717) is 12.1 Å². The average molecular weight is 304 g/mol. The van der Waals surface area contributed by atoms with Crippen molar-refractivity contribution in [3.05, 3.63) is 52.0 Å². The van der Waals surface area contributed by atoms with E-state index >= 15 is 0 Å². The molecule has 0 saturated heterocycles. The van der Waals surface area contributed by atoms with Crippen LogP contribution in [0.1, 0.15) is 39.6 Å². The zero-order valence-electron chi connectivity index (χ0n) is 11.8. The smallest absolute Gasteiger partial charge is 0.354 e. The number of amides is 1. The third-order valence-corrected chi connectivity index (χ3v) is 4.36. The molecular formula is C15H16N2O3S. The van der Waals surface area contributed by atoms with Crippen molar-refractivity contribution in [2.45, 2.75) is 19.3 Å². The monoisotopic (exact) mass is 304 g/mol. The van der Waals surface area contributed by atoms with Crippen molar-refractivity contribution in [3.63, 3.8) is 0 Å². The number of carbonyl (C=O) groups excluding carboxylic acids is 1. The van der Waals surface area contributed by atoms with Crippen molar-refractivity contribution in [2.24, 2.45) is 0 Å². The van der Waals surface area contributed by atoms with Gasteiger partial charge in [-0.05, 0) is 23.6 Å². The largest absolute Gasteiger partial charge is 0.477 e. The molecule has 6 heteroatoms. The number of rotatable bonds is 5. The van der Waals surface area contributed by atoms with E-state index in [1.165, 1.54) is 23.2 Å². The molecule has 0 aliphatic carbocycles. The normalized spacial score (nSPS) is 11.1. The first-order valence-corrected chi connectivity index (χ1v) is 7.29. The van der Waals surface area contributed by atoms with Gasteiger partial charge < -0.3 is 10.4 Å². The molecule has 2 aromatic rings. The zero-order chi connectivity index (χ0) is 15.5. The Kier molecular flexibility index (Phi) is 4.37. The maximum atomic E-state index is 12.1. The molecule has 1 amide bonds. The van der Waals surface area contributed by atoms with Crippen LogP contribution in [0.5, 0.6) is 0 Å². The van der Waals surface area contributed by atoms with Gasteiger partial charge in [0.05, 0.1) is 0 Å². The standard InChI is InChI=1S/C15H16N2O3S/c1-15(2,12-4-3-7-21-12)9-17-13(18)10-5-6-16-11(8-10)14(19)20/h3-8H,9H2,1-2H3,(H,17,18)(H,19,20). The second kappa shape index (κ2) is 6.05. The van der Waals surface area contributed by atoms with Crippen molar-refractivity contribution >= 4 is 23.2 Å². The number of aromatic carboxylic acids is 1. The summed E-state index contributed by atoms with van der Waals surface area (Å²) in [5, 5.41) is 13.7. The molecule has 0 fully saturated rings. The zero-order valence-corrected chi connectivity index (χ0v) is 12.6. The lowest BCUT2D eigenvalue weighted by molar-refractivity contribution is 0.0690. The van der Waals surface area contributed by atoms with Crippen LogP contribution < -0.4 is 5.32 Å². The number of nitrogens with zero attached hydrogens (tertiary/aromatic N) is 1. The molecule has 0 aliphatic rings. The van der Waals surface area contributed by atoms with Gasteiger partial charge in [-0.15, -0.1) is 11.3 Å². The van der Waals surface area contributed by atoms with E-state index in [-0.39, 0.29) is 17.0 Å². The molecule has 0 bridgehead atoms. The number of pyridine rings is 1. The number of hydrogen-bond acceptors (Lipinski definition) is 4. The van der Waals surface area contributed by atoms with E-state index < -0.39 is 5.97 Å². The summed E-state index contributed by atoms with van der Waals surface area (Å²) < 4.78 is 0. The fourth-order valence-electron chi connectivity index (χ4n) is 1.84. The van der Waals surface area contributed by atoms with Gasteiger partial charge in [-0.1, -0.05) is 19.9 Å². The van der Waals surface area contributed by atoms with E-state index in [1.807, 2.05) is 31.4 Å². The molecule has 0 unspecified atom stereocenters. The van der Waals surface area contributed by atoms with Crippen molar-refractivity contribution < 1.29 is 14.7 Å². The summed E-state index contributed by atoms with van der Waals surface area (Å²) in [6.07, 6.45) is 1.32. The quantitative estimate of drug-likeness (QED) is 0.889. The number of thiophene rings is 1. The lowest BCUT2D eigenvalue weighted by Crippen LogP contribution is -2.36. The van der Waals surface area contributed by atoms with Gasteiger partial charge in [0, 0.05) is 28.6 Å². The number of carbonyl (C=O) groups is 2. The second-order valence-corrected chi connectivity index (χ2v) is 6.23. The second-order valence-electron chi connectivity index (χ2n) is 5.28. The number of hydrogen-bond donors (Lipinski definition) is 2. The van der Waals surface area contributed by atoms with Crippen LogP contribution in [0.25, 0.3) is 0 Å². The first-order valence-electron chi connectivity index (χ1n) is 6.42. The average Bonchev–Trinajstić information content (AvgIpc) is 3.00. The summed E-state index contributed by atoms with van der Waals surface area (Å²) in [4.78, 5) is 27.8. The molecule has 21 heavy (non-hydrogen) atoms. The summed E-state index contributed by atoms with van der Waals surface area (Å²) in [7, 11) is 0. The molecule has 0 atom stereocenters. The Balaban J connectivity index is 2.05. The van der Waals surface area contributed by atoms with E-state index in [9.17, 15) is 9.59 Å². The molecule has 110 valence electrons. The Bertz CT molecular complexity index is 651. The number of aromatic nitrogens is 1. The molecule has 2 aromatic heterocycles. The highest BCUT2D eigenvalue weighted by atomic mass is 32.1. The van der Waals surface area contributed by atoms with Gasteiger partial charge in [0.1, 0.15) is 5.69 Å². The van der Waals surface area contributed by atoms with Crippen LogP contribution in [0.2, 0.25) is 0 Å². The van der Waals surface area contributed by atoms with Gasteiger partial charge in [-0.2, -0.15) is 0 Å². The molecule has 5 nitrogen and oxygen atoms in total. The van der Waals surface area contributed by atoms with Crippen LogP contribution in [0, 0.1) is 0 Å². The predicted molar refractivity (Wildman–Crippen MR) is 80.9 cm³/mol. The topological polar surface area (TPSA) is 79.3 Å². The minimum Gasteiger partial charge on any atom is -0.477 e. The summed E-state index contributed by atoms with van der Waals surface area (Å²) in [6, 6.07) is 6.78. The molecule has 0 radical (unpaired) electrons. The first-order chi connectivity index (χ1) is 9.90. The van der Waals surface area contributed by atoms with E-state index in [1.54, 1.807) is 11.3 Å². The maximum Gasteiger partial charge on any atom is 0.354 e. The SMILES string of the molecule is CC(C)(CNC(=O)c1ccnc(C(=O)O)c1)c1cccs1. The Morgan fingerprint density at radius 1 is 1.38 bits per heavy atom. The van der Waals surface area contributed by atoms with Crippen molar-refractivity contribution in [1.29, 1.82) is 0 Å². The third-order valence-electron chi connectivity index (χ3n) is 3.12. The molecule has 0 aromatic carbocycles. The van der Waals surface area contributed by atoms with Crippen LogP contribution >= 0.6 is 11.3 Å². The molecule has 0 aliphatic heterocycles. The Hall–Kier alpha value is -2.21. The van der Waals surface area contributed by atoms with Crippen LogP contribution in [0.4, 0.5) is 0 Å². The maximum absolute atomic E-state index is 12.1. The van der Waals surface area contributed by atoms with Gasteiger partial charge in [0.2, 0.25) is 0 Å². The highest BCUT2D eigenvalue weighted by Gasteiger charge is 2.23. The minimum absolute atomic E-state index is 0.139. The predicted octanol–water partition coefficient (Wildman–Crippen LogP) is 2.55. The lowest BCUT2D eigenvalue weighted by Gasteiger charge is -2.23. The first kappa shape index (κ1) is 15.2. The van der Waals surface area contributed by atoms with Gasteiger partial charge in [-0.3, -0.25) is 4.79 Å². The fourth-order valence-corrected chi connectivity index (χ4v) is 2.69. The van der Waals surface area contributed by atoms with Crippen LogP contribution in [0.15, 0.2) is 35.8 Å². The highest BCUT2D eigenvalue weighted by Crippen LogP contribution is 2.26. The van der Waals surface area contributed by atoms with Crippen molar-refractivity contribution in [3.8, 4) is 0 Å². The number of nitrogens with one attached hydrogen (secondary N) is 1. The minimum atomic E-state index is -1.15. The fraction of sp³-hybridized carbons (Fsp3) is 0.267. The van der Waals surface area contributed by atoms with Crippen LogP contribution in [-0.4, -0.2) is 28.5 Å². The van der Waals surface area contributed by atoms with Crippen molar-refractivity contribution in [2.75, 3.05) is 6.54 Å². The summed E-state index contributed by atoms with van der Waals surface area (Å²) in [6.45, 7) is 4.57. The molecule has 2 heterocycles. The summed E-state index contributed by atoms with van der Waals surface area (Å²) in [5.41, 5.74) is -0.0171. The van der Waals surface area contributed by atoms with Crippen LogP contribution in [-0.2, 0) is 5.41 Å². The third kappa shape index (κ3) is 3.66. The molecular weight excluding hydrogens is 288 g/mol. The number of carboxylic acid groups (broad SMARTS) is 1. The van der Waals surface area contributed by atoms with E-state index in [0.717, 1.165) is 0 Å². The van der Waals surface area contributed by atoms with Crippen molar-refractivity contribution in [1.82, 2.24) is 10.3 Å². The molecule has 0 spiro atoms. The van der Waals surface area contributed by atoms with E-state index in [2.05, 4.69) is 10.3 Å². The van der Waals surface area contributed by atoms with Crippen LogP contribution in [0.3, 0.4) is 0 Å². The number of carboxylic acids is 1. The lowest BCUT2D eigenvalue weighted by atomic mass is 9.91. The summed E-state index contributed by atoms with van der Waals surface area (Å²) >= 11 is 1.64. The Labute approximate surface area is 126 Å². The molecule has 2 rings (SSSR count). The van der Waals surface area contributed by atoms with Gasteiger partial charge in [-0.25, -0.2) is 9.78 Å². The van der Waals surface area contributed by atoms with E-state index in [4.69, 9.17) is 5.11 Å². The van der Waals surface area contributed by atoms with Gasteiger partial charge in [0.15, 0.2) is 0 Å². The van der Waals surface area contributed by atoms with Gasteiger partial charge >= 0.3 is 5.97 Å². The molecule has 0 saturated carbocycles.